The highest BCUT2D eigenvalue weighted by Crippen LogP contribution is 2.36. The Labute approximate surface area is 182 Å². The normalized spacial score (nSPS) is 16.1. The molecule has 10 heteroatoms. The number of anilines is 1. The number of nitrogens with zero attached hydrogens (tertiary/aromatic N) is 4. The van der Waals surface area contributed by atoms with E-state index in [1.807, 2.05) is 0 Å². The molecule has 1 aliphatic rings. The van der Waals surface area contributed by atoms with Crippen LogP contribution in [0.1, 0.15) is 36.5 Å². The van der Waals surface area contributed by atoms with Crippen LogP contribution in [0.5, 0.6) is 0 Å². The first-order valence-electron chi connectivity index (χ1n) is 10.2. The van der Waals surface area contributed by atoms with E-state index < -0.39 is 16.7 Å². The van der Waals surface area contributed by atoms with Crippen LogP contribution in [-0.4, -0.2) is 40.7 Å². The zero-order valence-electron chi connectivity index (χ0n) is 17.6. The summed E-state index contributed by atoms with van der Waals surface area (Å²) < 4.78 is 24.0. The van der Waals surface area contributed by atoms with Gasteiger partial charge in [-0.25, -0.2) is 9.18 Å². The minimum Gasteiger partial charge on any atom is -0.465 e. The quantitative estimate of drug-likeness (QED) is 0.321. The smallest absolute Gasteiger partial charge is 0.340 e. The van der Waals surface area contributed by atoms with Crippen molar-refractivity contribution >= 4 is 17.3 Å². The van der Waals surface area contributed by atoms with Gasteiger partial charge in [-0.05, 0) is 56.5 Å². The van der Waals surface area contributed by atoms with Crippen molar-refractivity contribution < 1.29 is 23.4 Å². The van der Waals surface area contributed by atoms with Gasteiger partial charge >= 0.3 is 5.97 Å². The molecule has 1 aromatic heterocycles. The molecule has 1 unspecified atom stereocenters. The van der Waals surface area contributed by atoms with E-state index in [0.29, 0.717) is 16.8 Å². The number of carbonyl (C=O) groups excluding carboxylic acids is 1. The number of hydrogen-bond donors (Lipinski definition) is 0. The van der Waals surface area contributed by atoms with Crippen LogP contribution >= 0.6 is 0 Å². The maximum absolute atomic E-state index is 14.2. The van der Waals surface area contributed by atoms with E-state index in [2.05, 4.69) is 26.7 Å². The molecule has 1 saturated heterocycles. The zero-order chi connectivity index (χ0) is 22.8. The van der Waals surface area contributed by atoms with Crippen LogP contribution in [0.2, 0.25) is 0 Å². The average Bonchev–Trinajstić information content (AvgIpc) is 3.29. The van der Waals surface area contributed by atoms with Gasteiger partial charge in [0, 0.05) is 29.8 Å². The summed E-state index contributed by atoms with van der Waals surface area (Å²) in [5.74, 6) is -1.42. The number of esters is 1. The number of hydrogen-bond acceptors (Lipinski definition) is 8. The van der Waals surface area contributed by atoms with Gasteiger partial charge in [0.05, 0.1) is 17.6 Å². The van der Waals surface area contributed by atoms with Gasteiger partial charge in [0.15, 0.2) is 0 Å². The van der Waals surface area contributed by atoms with E-state index in [-0.39, 0.29) is 29.0 Å². The summed E-state index contributed by atoms with van der Waals surface area (Å²) >= 11 is 0. The molecule has 166 valence electrons. The molecule has 4 rings (SSSR count). The summed E-state index contributed by atoms with van der Waals surface area (Å²) in [4.78, 5) is 29.2. The molecule has 1 atom stereocenters. The van der Waals surface area contributed by atoms with E-state index >= 15 is 0 Å². The molecule has 9 nitrogen and oxygen atoms in total. The highest BCUT2D eigenvalue weighted by atomic mass is 19.1. The van der Waals surface area contributed by atoms with Gasteiger partial charge in [0.2, 0.25) is 5.82 Å². The van der Waals surface area contributed by atoms with E-state index in [9.17, 15) is 19.3 Å². The molecule has 0 spiro atoms. The number of nitro groups is 1. The van der Waals surface area contributed by atoms with Crippen LogP contribution in [0, 0.1) is 15.9 Å². The molecule has 0 saturated carbocycles. The number of halogens is 1. The Hall–Kier alpha value is -3.82. The maximum atomic E-state index is 14.2. The predicted octanol–water partition coefficient (Wildman–Crippen LogP) is 4.62. The minimum absolute atomic E-state index is 0.0375. The molecule has 0 amide bonds. The number of ether oxygens (including phenoxy) is 1. The third-order valence-corrected chi connectivity index (χ3v) is 5.59. The summed E-state index contributed by atoms with van der Waals surface area (Å²) in [7, 11) is 1.16. The highest BCUT2D eigenvalue weighted by Gasteiger charge is 2.27. The first-order chi connectivity index (χ1) is 15.4. The second-order valence-electron chi connectivity index (χ2n) is 7.61. The van der Waals surface area contributed by atoms with E-state index in [0.717, 1.165) is 39.0 Å². The minimum atomic E-state index is -0.793. The molecule has 32 heavy (non-hydrogen) atoms. The van der Waals surface area contributed by atoms with Gasteiger partial charge in [0.25, 0.3) is 11.6 Å². The molecular weight excluding hydrogens is 419 g/mol. The molecule has 2 heterocycles. The number of aromatic nitrogens is 2. The summed E-state index contributed by atoms with van der Waals surface area (Å²) in [6.45, 7) is 2.82. The van der Waals surface area contributed by atoms with Gasteiger partial charge in [-0.1, -0.05) is 5.16 Å². The van der Waals surface area contributed by atoms with Gasteiger partial charge in [0.1, 0.15) is 11.5 Å². The van der Waals surface area contributed by atoms with Crippen LogP contribution in [0.25, 0.3) is 22.8 Å². The average molecular weight is 440 g/mol. The standard InChI is InChI=1S/C22H21FN4O5/c1-13-5-3-4-10-26(13)18-9-7-15(12-19(18)27(29)30)21-24-20(25-32-21)14-6-8-16(17(23)11-14)22(28)31-2/h6-9,11-13H,3-5,10H2,1-2H3. The van der Waals surface area contributed by atoms with Gasteiger partial charge in [-0.2, -0.15) is 4.98 Å². The topological polar surface area (TPSA) is 112 Å². The first kappa shape index (κ1) is 21.4. The number of methoxy groups -OCH3 is 1. The third-order valence-electron chi connectivity index (χ3n) is 5.59. The maximum Gasteiger partial charge on any atom is 0.340 e. The largest absolute Gasteiger partial charge is 0.465 e. The molecule has 3 aromatic rings. The van der Waals surface area contributed by atoms with Gasteiger partial charge < -0.3 is 14.2 Å². The number of piperidine rings is 1. The lowest BCUT2D eigenvalue weighted by Crippen LogP contribution is -2.37. The lowest BCUT2D eigenvalue weighted by molar-refractivity contribution is -0.384. The van der Waals surface area contributed by atoms with Gasteiger partial charge in [-0.15, -0.1) is 0 Å². The fourth-order valence-electron chi connectivity index (χ4n) is 3.89. The van der Waals surface area contributed by atoms with E-state index in [1.54, 1.807) is 12.1 Å². The monoisotopic (exact) mass is 440 g/mol. The van der Waals surface area contributed by atoms with Crippen molar-refractivity contribution in [2.24, 2.45) is 0 Å². The Morgan fingerprint density at radius 2 is 2.03 bits per heavy atom. The van der Waals surface area contributed by atoms with Crippen molar-refractivity contribution in [3.05, 3.63) is 57.9 Å². The summed E-state index contributed by atoms with van der Waals surface area (Å²) in [6.07, 6.45) is 3.08. The van der Waals surface area contributed by atoms with Crippen LogP contribution in [0.3, 0.4) is 0 Å². The molecule has 0 N–H and O–H groups in total. The molecule has 0 radical (unpaired) electrons. The third kappa shape index (κ3) is 4.03. The Kier molecular flexibility index (Phi) is 5.85. The van der Waals surface area contributed by atoms with Crippen LogP contribution in [-0.2, 0) is 4.74 Å². The molecule has 0 aliphatic carbocycles. The van der Waals surface area contributed by atoms with Crippen molar-refractivity contribution in [2.75, 3.05) is 18.6 Å². The molecule has 1 aliphatic heterocycles. The fourth-order valence-corrected chi connectivity index (χ4v) is 3.89. The Morgan fingerprint density at radius 1 is 1.25 bits per heavy atom. The molecular formula is C22H21FN4O5. The fraction of sp³-hybridized carbons (Fsp3) is 0.318. The second-order valence-corrected chi connectivity index (χ2v) is 7.61. The van der Waals surface area contributed by atoms with Crippen molar-refractivity contribution in [3.63, 3.8) is 0 Å². The molecule has 0 bridgehead atoms. The van der Waals surface area contributed by atoms with Crippen molar-refractivity contribution in [2.45, 2.75) is 32.2 Å². The number of nitro benzene ring substituents is 1. The van der Waals surface area contributed by atoms with Gasteiger partial charge in [-0.3, -0.25) is 10.1 Å². The Morgan fingerprint density at radius 3 is 2.72 bits per heavy atom. The molecule has 2 aromatic carbocycles. The predicted molar refractivity (Wildman–Crippen MR) is 114 cm³/mol. The second kappa shape index (κ2) is 8.74. The number of carbonyl (C=O) groups is 1. The summed E-state index contributed by atoms with van der Waals surface area (Å²) in [5.41, 5.74) is 0.989. The van der Waals surface area contributed by atoms with Crippen LogP contribution < -0.4 is 4.90 Å². The lowest BCUT2D eigenvalue weighted by atomic mass is 10.0. The number of rotatable bonds is 5. The first-order valence-corrected chi connectivity index (χ1v) is 10.2. The highest BCUT2D eigenvalue weighted by molar-refractivity contribution is 5.90. The molecule has 1 fully saturated rings. The number of benzene rings is 2. The lowest BCUT2D eigenvalue weighted by Gasteiger charge is -2.35. The van der Waals surface area contributed by atoms with Crippen molar-refractivity contribution in [1.29, 1.82) is 0 Å². The van der Waals surface area contributed by atoms with E-state index in [1.165, 1.54) is 18.2 Å². The van der Waals surface area contributed by atoms with Crippen LogP contribution in [0.15, 0.2) is 40.9 Å². The summed E-state index contributed by atoms with van der Waals surface area (Å²) in [5, 5.41) is 15.6. The Balaban J connectivity index is 1.66. The van der Waals surface area contributed by atoms with Crippen molar-refractivity contribution in [3.8, 4) is 22.8 Å². The van der Waals surface area contributed by atoms with Crippen LogP contribution in [0.4, 0.5) is 15.8 Å². The zero-order valence-corrected chi connectivity index (χ0v) is 17.6. The van der Waals surface area contributed by atoms with E-state index in [4.69, 9.17) is 4.52 Å². The van der Waals surface area contributed by atoms with Crippen molar-refractivity contribution in [1.82, 2.24) is 10.1 Å². The summed E-state index contributed by atoms with van der Waals surface area (Å²) in [6, 6.07) is 8.86. The SMILES string of the molecule is COC(=O)c1ccc(-c2noc(-c3ccc(N4CCCCC4C)c([N+](=O)[O-])c3)n2)cc1F. The Bertz CT molecular complexity index is 1180.